The minimum Gasteiger partial charge on any atom is -0.384 e. The zero-order valence-electron chi connectivity index (χ0n) is 9.96. The van der Waals surface area contributed by atoms with Gasteiger partial charge in [-0.05, 0) is 32.0 Å². The summed E-state index contributed by atoms with van der Waals surface area (Å²) in [7, 11) is 0. The van der Waals surface area contributed by atoms with E-state index in [2.05, 4.69) is 5.10 Å². The van der Waals surface area contributed by atoms with Gasteiger partial charge in [-0.2, -0.15) is 5.10 Å². The normalized spacial score (nSPS) is 10.7. The molecule has 6 heteroatoms. The summed E-state index contributed by atoms with van der Waals surface area (Å²) in [5.41, 5.74) is 8.31. The van der Waals surface area contributed by atoms with Crippen LogP contribution in [0.5, 0.6) is 0 Å². The van der Waals surface area contributed by atoms with Crippen molar-refractivity contribution in [2.75, 3.05) is 0 Å². The molecule has 1 aromatic carbocycles. The van der Waals surface area contributed by atoms with Crippen LogP contribution >= 0.6 is 23.2 Å². The number of nitrogen functional groups attached to an aromatic ring is 1. The van der Waals surface area contributed by atoms with Crippen molar-refractivity contribution >= 4 is 29.0 Å². The topological polar surface area (TPSA) is 67.7 Å². The average molecular weight is 283 g/mol. The van der Waals surface area contributed by atoms with Gasteiger partial charge in [-0.15, -0.1) is 0 Å². The van der Waals surface area contributed by atoms with Gasteiger partial charge in [0.05, 0.1) is 22.1 Å². The average Bonchev–Trinajstić information content (AvgIpc) is 2.56. The van der Waals surface area contributed by atoms with Crippen molar-refractivity contribution in [2.45, 2.75) is 13.8 Å². The highest BCUT2D eigenvalue weighted by Crippen LogP contribution is 2.26. The van der Waals surface area contributed by atoms with E-state index >= 15 is 0 Å². The predicted octanol–water partition coefficient (Wildman–Crippen LogP) is 3.08. The Morgan fingerprint density at radius 2 is 2.00 bits per heavy atom. The minimum absolute atomic E-state index is 0.0367. The summed E-state index contributed by atoms with van der Waals surface area (Å²) in [5.74, 6) is -0.0367. The molecule has 18 heavy (non-hydrogen) atoms. The van der Waals surface area contributed by atoms with Gasteiger partial charge in [-0.3, -0.25) is 5.41 Å². The molecule has 0 saturated carbocycles. The standard InChI is InChI=1S/C12H12Cl2N4/c1-6-11(14)7(2)18(17-6)10-5-8(13)3-4-9(10)12(15)16/h3-5H,1-2H3,(H3,15,16). The Hall–Kier alpha value is -1.52. The molecule has 4 nitrogen and oxygen atoms in total. The summed E-state index contributed by atoms with van der Waals surface area (Å²) in [6.07, 6.45) is 0. The van der Waals surface area contributed by atoms with Crippen molar-refractivity contribution < 1.29 is 0 Å². The molecule has 1 heterocycles. The Bertz CT molecular complexity index is 631. The summed E-state index contributed by atoms with van der Waals surface area (Å²) >= 11 is 12.1. The lowest BCUT2D eigenvalue weighted by molar-refractivity contribution is 0.831. The van der Waals surface area contributed by atoms with E-state index in [0.29, 0.717) is 21.3 Å². The lowest BCUT2D eigenvalue weighted by Crippen LogP contribution is -2.15. The summed E-state index contributed by atoms with van der Waals surface area (Å²) < 4.78 is 1.65. The summed E-state index contributed by atoms with van der Waals surface area (Å²) in [4.78, 5) is 0. The fourth-order valence-corrected chi connectivity index (χ4v) is 2.05. The van der Waals surface area contributed by atoms with Crippen LogP contribution in [0.1, 0.15) is 17.0 Å². The fourth-order valence-electron chi connectivity index (χ4n) is 1.77. The van der Waals surface area contributed by atoms with Crippen LogP contribution in [0.2, 0.25) is 10.0 Å². The quantitative estimate of drug-likeness (QED) is 0.657. The molecule has 2 rings (SSSR count). The zero-order chi connectivity index (χ0) is 13.4. The third-order valence-corrected chi connectivity index (χ3v) is 3.46. The highest BCUT2D eigenvalue weighted by molar-refractivity contribution is 6.32. The molecule has 0 saturated heterocycles. The Kier molecular flexibility index (Phi) is 3.32. The number of rotatable bonds is 2. The molecule has 0 amide bonds. The number of nitrogens with one attached hydrogen (secondary N) is 1. The predicted molar refractivity (Wildman–Crippen MR) is 74.1 cm³/mol. The molecule has 2 aromatic rings. The lowest BCUT2D eigenvalue weighted by Gasteiger charge is -2.10. The number of aryl methyl sites for hydroxylation is 1. The second kappa shape index (κ2) is 4.63. The highest BCUT2D eigenvalue weighted by atomic mass is 35.5. The summed E-state index contributed by atoms with van der Waals surface area (Å²) in [6.45, 7) is 3.68. The molecule has 0 spiro atoms. The molecular weight excluding hydrogens is 271 g/mol. The summed E-state index contributed by atoms with van der Waals surface area (Å²) in [5, 5.41) is 13.1. The Labute approximate surface area is 115 Å². The van der Waals surface area contributed by atoms with E-state index in [1.807, 2.05) is 13.8 Å². The van der Waals surface area contributed by atoms with Crippen molar-refractivity contribution in [1.29, 1.82) is 5.41 Å². The zero-order valence-corrected chi connectivity index (χ0v) is 11.5. The first-order valence-electron chi connectivity index (χ1n) is 5.28. The SMILES string of the molecule is Cc1nn(-c2cc(Cl)ccc2C(=N)N)c(C)c1Cl. The molecule has 0 fully saturated rings. The first kappa shape index (κ1) is 12.9. The molecular formula is C12H12Cl2N4. The van der Waals surface area contributed by atoms with Crippen LogP contribution in [-0.2, 0) is 0 Å². The van der Waals surface area contributed by atoms with E-state index in [1.165, 1.54) is 0 Å². The molecule has 1 aromatic heterocycles. The second-order valence-corrected chi connectivity index (χ2v) is 4.79. The van der Waals surface area contributed by atoms with Crippen molar-refractivity contribution in [2.24, 2.45) is 5.73 Å². The largest absolute Gasteiger partial charge is 0.384 e. The number of aromatic nitrogens is 2. The first-order valence-corrected chi connectivity index (χ1v) is 6.03. The molecule has 0 aliphatic rings. The van der Waals surface area contributed by atoms with Crippen LogP contribution < -0.4 is 5.73 Å². The van der Waals surface area contributed by atoms with E-state index in [4.69, 9.17) is 34.3 Å². The molecule has 0 bridgehead atoms. The van der Waals surface area contributed by atoms with Crippen LogP contribution in [0.4, 0.5) is 0 Å². The number of nitrogens with zero attached hydrogens (tertiary/aromatic N) is 2. The second-order valence-electron chi connectivity index (χ2n) is 3.97. The number of halogens is 2. The lowest BCUT2D eigenvalue weighted by atomic mass is 10.1. The van der Waals surface area contributed by atoms with Gasteiger partial charge in [0, 0.05) is 10.6 Å². The van der Waals surface area contributed by atoms with Crippen LogP contribution in [0, 0.1) is 19.3 Å². The Morgan fingerprint density at radius 1 is 1.33 bits per heavy atom. The molecule has 0 radical (unpaired) electrons. The Balaban J connectivity index is 2.73. The maximum absolute atomic E-state index is 7.59. The smallest absolute Gasteiger partial charge is 0.124 e. The summed E-state index contributed by atoms with van der Waals surface area (Å²) in [6, 6.07) is 5.10. The van der Waals surface area contributed by atoms with Crippen molar-refractivity contribution in [3.05, 3.63) is 45.2 Å². The number of nitrogens with two attached hydrogens (primary N) is 1. The van der Waals surface area contributed by atoms with Gasteiger partial charge in [0.1, 0.15) is 5.84 Å². The van der Waals surface area contributed by atoms with Gasteiger partial charge < -0.3 is 5.73 Å². The van der Waals surface area contributed by atoms with Gasteiger partial charge in [-0.1, -0.05) is 23.2 Å². The van der Waals surface area contributed by atoms with Gasteiger partial charge in [0.25, 0.3) is 0 Å². The van der Waals surface area contributed by atoms with Gasteiger partial charge in [-0.25, -0.2) is 4.68 Å². The third kappa shape index (κ3) is 2.09. The van der Waals surface area contributed by atoms with E-state index in [0.717, 1.165) is 11.4 Å². The van der Waals surface area contributed by atoms with Crippen LogP contribution in [0.25, 0.3) is 5.69 Å². The number of benzene rings is 1. The minimum atomic E-state index is -0.0367. The fraction of sp³-hybridized carbons (Fsp3) is 0.167. The van der Waals surface area contributed by atoms with Crippen LogP contribution in [-0.4, -0.2) is 15.6 Å². The van der Waals surface area contributed by atoms with Gasteiger partial charge in [0.2, 0.25) is 0 Å². The monoisotopic (exact) mass is 282 g/mol. The van der Waals surface area contributed by atoms with E-state index in [9.17, 15) is 0 Å². The first-order chi connectivity index (χ1) is 8.41. The van der Waals surface area contributed by atoms with Crippen LogP contribution in [0.3, 0.4) is 0 Å². The molecule has 0 unspecified atom stereocenters. The number of amidine groups is 1. The maximum atomic E-state index is 7.59. The molecule has 3 N–H and O–H groups in total. The van der Waals surface area contributed by atoms with E-state index < -0.39 is 0 Å². The van der Waals surface area contributed by atoms with Crippen molar-refractivity contribution in [3.63, 3.8) is 0 Å². The van der Waals surface area contributed by atoms with Crippen LogP contribution in [0.15, 0.2) is 18.2 Å². The number of hydrogen-bond acceptors (Lipinski definition) is 2. The Morgan fingerprint density at radius 3 is 2.50 bits per heavy atom. The maximum Gasteiger partial charge on any atom is 0.124 e. The van der Waals surface area contributed by atoms with Gasteiger partial charge in [0.15, 0.2) is 0 Å². The molecule has 0 aliphatic carbocycles. The number of hydrogen-bond donors (Lipinski definition) is 2. The highest BCUT2D eigenvalue weighted by Gasteiger charge is 2.15. The molecule has 0 atom stereocenters. The van der Waals surface area contributed by atoms with E-state index in [1.54, 1.807) is 22.9 Å². The molecule has 94 valence electrons. The van der Waals surface area contributed by atoms with E-state index in [-0.39, 0.29) is 5.84 Å². The van der Waals surface area contributed by atoms with Gasteiger partial charge >= 0.3 is 0 Å². The van der Waals surface area contributed by atoms with Crippen molar-refractivity contribution in [1.82, 2.24) is 9.78 Å². The molecule has 0 aliphatic heterocycles. The third-order valence-electron chi connectivity index (χ3n) is 2.68. The van der Waals surface area contributed by atoms with Crippen molar-refractivity contribution in [3.8, 4) is 5.69 Å².